The third-order valence-electron chi connectivity index (χ3n) is 5.63. The number of imidazole rings is 1. The highest BCUT2D eigenvalue weighted by molar-refractivity contribution is 5.84. The van der Waals surface area contributed by atoms with Gasteiger partial charge in [-0.2, -0.15) is 0 Å². The Morgan fingerprint density at radius 1 is 1.45 bits per heavy atom. The highest BCUT2D eigenvalue weighted by atomic mass is 16.2. The Morgan fingerprint density at radius 3 is 2.85 bits per heavy atom. The number of rotatable bonds is 4. The summed E-state index contributed by atoms with van der Waals surface area (Å²) in [5, 5.41) is 3.19. The summed E-state index contributed by atoms with van der Waals surface area (Å²) < 4.78 is 0. The molecule has 4 heteroatoms. The summed E-state index contributed by atoms with van der Waals surface area (Å²) in [6.07, 6.45) is 10.1. The molecule has 3 atom stereocenters. The van der Waals surface area contributed by atoms with E-state index in [2.05, 4.69) is 29.1 Å². The lowest BCUT2D eigenvalue weighted by Crippen LogP contribution is -2.33. The largest absolute Gasteiger partial charge is 0.356 e. The van der Waals surface area contributed by atoms with E-state index in [9.17, 15) is 4.79 Å². The van der Waals surface area contributed by atoms with E-state index in [0.717, 1.165) is 12.2 Å². The van der Waals surface area contributed by atoms with Crippen LogP contribution in [-0.2, 0) is 10.2 Å². The van der Waals surface area contributed by atoms with Crippen molar-refractivity contribution in [2.75, 3.05) is 6.54 Å². The van der Waals surface area contributed by atoms with E-state index in [1.54, 1.807) is 6.33 Å². The van der Waals surface area contributed by atoms with Crippen molar-refractivity contribution in [2.24, 2.45) is 17.8 Å². The van der Waals surface area contributed by atoms with Crippen molar-refractivity contribution in [3.05, 3.63) is 18.2 Å². The fourth-order valence-corrected chi connectivity index (χ4v) is 3.94. The average molecular weight is 275 g/mol. The summed E-state index contributed by atoms with van der Waals surface area (Å²) in [5.74, 6) is 1.39. The monoisotopic (exact) mass is 275 g/mol. The molecule has 0 spiro atoms. The van der Waals surface area contributed by atoms with Gasteiger partial charge in [0, 0.05) is 23.9 Å². The zero-order valence-electron chi connectivity index (χ0n) is 12.5. The fraction of sp³-hybridized carbons (Fsp3) is 0.750. The summed E-state index contributed by atoms with van der Waals surface area (Å²) in [6, 6.07) is 0. The number of aromatic amines is 1. The Balaban J connectivity index is 1.56. The van der Waals surface area contributed by atoms with Gasteiger partial charge in [-0.25, -0.2) is 4.98 Å². The number of aromatic nitrogens is 2. The number of hydrogen-bond donors (Lipinski definition) is 2. The Kier molecular flexibility index (Phi) is 3.57. The Labute approximate surface area is 120 Å². The maximum Gasteiger partial charge on any atom is 0.224 e. The van der Waals surface area contributed by atoms with Crippen molar-refractivity contribution in [1.82, 2.24) is 15.3 Å². The standard InChI is InChI=1S/C16H25N3O/c1-11-14(16(11,2)13-9-17-10-19-13)15(20)18-8-12-6-4-3-5-7-12/h9-12,14H,3-8H2,1-2H3,(H,17,19)(H,18,20)/t11-,14?,16+/m1/s1. The number of carbonyl (C=O) groups excluding carboxylic acids is 1. The molecule has 1 aromatic heterocycles. The first-order chi connectivity index (χ1) is 9.64. The third kappa shape index (κ3) is 2.25. The first kappa shape index (κ1) is 13.7. The molecule has 2 aliphatic rings. The van der Waals surface area contributed by atoms with E-state index >= 15 is 0 Å². The molecule has 3 rings (SSSR count). The van der Waals surface area contributed by atoms with Crippen LogP contribution in [0.4, 0.5) is 0 Å². The molecule has 0 aliphatic heterocycles. The zero-order chi connectivity index (χ0) is 14.2. The summed E-state index contributed by atoms with van der Waals surface area (Å²) in [5.41, 5.74) is 1.02. The zero-order valence-corrected chi connectivity index (χ0v) is 12.5. The topological polar surface area (TPSA) is 57.8 Å². The second-order valence-electron chi connectivity index (χ2n) is 6.76. The highest BCUT2D eigenvalue weighted by Gasteiger charge is 2.63. The van der Waals surface area contributed by atoms with Crippen LogP contribution in [0.1, 0.15) is 51.6 Å². The number of amides is 1. The minimum Gasteiger partial charge on any atom is -0.356 e. The number of carbonyl (C=O) groups is 1. The van der Waals surface area contributed by atoms with Crippen LogP contribution in [0, 0.1) is 17.8 Å². The molecule has 1 amide bonds. The number of H-pyrrole nitrogens is 1. The molecule has 2 saturated carbocycles. The molecule has 1 unspecified atom stereocenters. The Hall–Kier alpha value is -1.32. The molecule has 0 saturated heterocycles. The van der Waals surface area contributed by atoms with Gasteiger partial charge >= 0.3 is 0 Å². The van der Waals surface area contributed by atoms with Crippen LogP contribution < -0.4 is 5.32 Å². The molecular formula is C16H25N3O. The van der Waals surface area contributed by atoms with Crippen LogP contribution in [0.25, 0.3) is 0 Å². The first-order valence-electron chi connectivity index (χ1n) is 7.90. The van der Waals surface area contributed by atoms with Gasteiger partial charge in [0.05, 0.1) is 12.2 Å². The minimum atomic E-state index is -0.0624. The fourth-order valence-electron chi connectivity index (χ4n) is 3.94. The molecule has 2 N–H and O–H groups in total. The normalized spacial score (nSPS) is 33.9. The second kappa shape index (κ2) is 5.23. The van der Waals surface area contributed by atoms with Crippen molar-refractivity contribution in [1.29, 1.82) is 0 Å². The van der Waals surface area contributed by atoms with Crippen LogP contribution in [0.3, 0.4) is 0 Å². The van der Waals surface area contributed by atoms with Crippen LogP contribution in [0.2, 0.25) is 0 Å². The molecule has 0 radical (unpaired) electrons. The molecule has 110 valence electrons. The van der Waals surface area contributed by atoms with Crippen LogP contribution in [0.5, 0.6) is 0 Å². The van der Waals surface area contributed by atoms with E-state index in [1.165, 1.54) is 32.1 Å². The van der Waals surface area contributed by atoms with E-state index < -0.39 is 0 Å². The van der Waals surface area contributed by atoms with Gasteiger partial charge in [0.15, 0.2) is 0 Å². The van der Waals surface area contributed by atoms with E-state index in [-0.39, 0.29) is 17.2 Å². The van der Waals surface area contributed by atoms with E-state index in [0.29, 0.717) is 11.8 Å². The Morgan fingerprint density at radius 2 is 2.20 bits per heavy atom. The number of nitrogens with one attached hydrogen (secondary N) is 2. The lowest BCUT2D eigenvalue weighted by Gasteiger charge is -2.22. The number of hydrogen-bond acceptors (Lipinski definition) is 2. The summed E-state index contributed by atoms with van der Waals surface area (Å²) in [6.45, 7) is 5.18. The van der Waals surface area contributed by atoms with E-state index in [1.807, 2.05) is 6.20 Å². The van der Waals surface area contributed by atoms with Crippen molar-refractivity contribution in [2.45, 2.75) is 51.4 Å². The third-order valence-corrected chi connectivity index (χ3v) is 5.63. The van der Waals surface area contributed by atoms with Gasteiger partial charge in [0.2, 0.25) is 5.91 Å². The molecule has 4 nitrogen and oxygen atoms in total. The molecule has 0 bridgehead atoms. The van der Waals surface area contributed by atoms with Gasteiger partial charge in [-0.3, -0.25) is 4.79 Å². The molecule has 0 aromatic carbocycles. The van der Waals surface area contributed by atoms with Crippen molar-refractivity contribution in [3.63, 3.8) is 0 Å². The molecule has 1 heterocycles. The van der Waals surface area contributed by atoms with E-state index in [4.69, 9.17) is 0 Å². The smallest absolute Gasteiger partial charge is 0.224 e. The van der Waals surface area contributed by atoms with Crippen LogP contribution in [0.15, 0.2) is 12.5 Å². The quantitative estimate of drug-likeness (QED) is 0.887. The minimum absolute atomic E-state index is 0.0624. The molecule has 1 aromatic rings. The molecule has 2 aliphatic carbocycles. The van der Waals surface area contributed by atoms with Crippen LogP contribution in [-0.4, -0.2) is 22.4 Å². The summed E-state index contributed by atoms with van der Waals surface area (Å²) >= 11 is 0. The van der Waals surface area contributed by atoms with Gasteiger partial charge in [0.1, 0.15) is 0 Å². The van der Waals surface area contributed by atoms with Crippen molar-refractivity contribution < 1.29 is 4.79 Å². The maximum atomic E-state index is 12.4. The van der Waals surface area contributed by atoms with Crippen molar-refractivity contribution >= 4 is 5.91 Å². The maximum absolute atomic E-state index is 12.4. The lowest BCUT2D eigenvalue weighted by molar-refractivity contribution is -0.123. The van der Waals surface area contributed by atoms with Gasteiger partial charge in [-0.15, -0.1) is 0 Å². The predicted octanol–water partition coefficient (Wildman–Crippen LogP) is 2.63. The average Bonchev–Trinajstić information content (AvgIpc) is 2.89. The highest BCUT2D eigenvalue weighted by Crippen LogP contribution is 2.58. The summed E-state index contributed by atoms with van der Waals surface area (Å²) in [7, 11) is 0. The summed E-state index contributed by atoms with van der Waals surface area (Å²) in [4.78, 5) is 19.7. The Bertz CT molecular complexity index is 464. The molecule has 20 heavy (non-hydrogen) atoms. The van der Waals surface area contributed by atoms with Gasteiger partial charge in [0.25, 0.3) is 0 Å². The lowest BCUT2D eigenvalue weighted by atomic mass is 9.89. The van der Waals surface area contributed by atoms with Gasteiger partial charge in [-0.1, -0.05) is 33.1 Å². The van der Waals surface area contributed by atoms with Crippen molar-refractivity contribution in [3.8, 4) is 0 Å². The second-order valence-corrected chi connectivity index (χ2v) is 6.76. The molecular weight excluding hydrogens is 250 g/mol. The predicted molar refractivity (Wildman–Crippen MR) is 78.2 cm³/mol. The number of nitrogens with zero attached hydrogens (tertiary/aromatic N) is 1. The first-order valence-corrected chi connectivity index (χ1v) is 7.90. The van der Waals surface area contributed by atoms with Gasteiger partial charge < -0.3 is 10.3 Å². The SMILES string of the molecule is C[C@@H]1C(C(=O)NCC2CCCCC2)[C@]1(C)c1cnc[nH]1. The molecule has 2 fully saturated rings. The van der Waals surface area contributed by atoms with Crippen LogP contribution >= 0.6 is 0 Å². The van der Waals surface area contributed by atoms with Gasteiger partial charge in [-0.05, 0) is 24.7 Å².